The van der Waals surface area contributed by atoms with E-state index in [1.165, 1.54) is 12.8 Å². The first-order valence-electron chi connectivity index (χ1n) is 11.4. The zero-order chi connectivity index (χ0) is 21.8. The molecule has 2 heterocycles. The van der Waals surface area contributed by atoms with Gasteiger partial charge in [0, 0.05) is 56.8 Å². The molecule has 168 valence electrons. The number of aromatic nitrogens is 1. The van der Waals surface area contributed by atoms with Crippen LogP contribution in [0.25, 0.3) is 10.9 Å². The summed E-state index contributed by atoms with van der Waals surface area (Å²) < 4.78 is 7.60. The monoisotopic (exact) mass is 426 g/mol. The minimum atomic E-state index is -0.113. The molecular formula is C24H34N4O3. The molecule has 1 aliphatic heterocycles. The number of fused-ring (bicyclic) bond motifs is 1. The van der Waals surface area contributed by atoms with Crippen LogP contribution in [0, 0.1) is 12.8 Å². The molecule has 1 N–H and O–H groups in total. The van der Waals surface area contributed by atoms with E-state index in [1.54, 1.807) is 6.07 Å². The van der Waals surface area contributed by atoms with Crippen LogP contribution < -0.4 is 15.6 Å². The number of benzene rings is 1. The van der Waals surface area contributed by atoms with Gasteiger partial charge in [-0.2, -0.15) is 0 Å². The topological polar surface area (TPSA) is 66.8 Å². The van der Waals surface area contributed by atoms with E-state index in [0.717, 1.165) is 62.2 Å². The molecule has 1 saturated heterocycles. The van der Waals surface area contributed by atoms with Gasteiger partial charge in [-0.25, -0.2) is 0 Å². The number of pyridine rings is 1. The maximum absolute atomic E-state index is 12.5. The summed E-state index contributed by atoms with van der Waals surface area (Å²) in [5.41, 5.74) is 1.89. The van der Waals surface area contributed by atoms with E-state index in [0.29, 0.717) is 18.2 Å². The minimum absolute atomic E-state index is 0.0152. The molecule has 0 atom stereocenters. The Morgan fingerprint density at radius 3 is 2.68 bits per heavy atom. The molecule has 0 spiro atoms. The standard InChI is InChI=1S/C24H34N4O3/c1-18-14-24(30)28(16-19-4-5-19)22-15-20(6-7-21(18)22)31-17-23(29)25-8-3-9-27-12-10-26(2)11-13-27/h6-7,14-15,19H,3-5,8-13,16-17H2,1-2H3,(H,25,29). The Morgan fingerprint density at radius 2 is 1.94 bits per heavy atom. The number of hydrogen-bond donors (Lipinski definition) is 1. The first kappa shape index (κ1) is 21.8. The molecule has 4 rings (SSSR count). The number of ether oxygens (including phenoxy) is 1. The molecule has 1 saturated carbocycles. The van der Waals surface area contributed by atoms with Gasteiger partial charge in [-0.05, 0) is 63.4 Å². The second-order valence-corrected chi connectivity index (χ2v) is 9.04. The number of hydrogen-bond acceptors (Lipinski definition) is 5. The van der Waals surface area contributed by atoms with E-state index in [2.05, 4.69) is 22.2 Å². The highest BCUT2D eigenvalue weighted by atomic mass is 16.5. The lowest BCUT2D eigenvalue weighted by Crippen LogP contribution is -2.45. The highest BCUT2D eigenvalue weighted by molar-refractivity contribution is 5.84. The van der Waals surface area contributed by atoms with E-state index >= 15 is 0 Å². The van der Waals surface area contributed by atoms with Crippen molar-refractivity contribution in [3.8, 4) is 5.75 Å². The third-order valence-corrected chi connectivity index (χ3v) is 6.37. The van der Waals surface area contributed by atoms with Gasteiger partial charge in [0.25, 0.3) is 11.5 Å². The number of piperazine rings is 1. The molecule has 0 bridgehead atoms. The fourth-order valence-electron chi connectivity index (χ4n) is 4.17. The lowest BCUT2D eigenvalue weighted by atomic mass is 10.1. The Bertz CT molecular complexity index is 975. The van der Waals surface area contributed by atoms with Gasteiger partial charge in [-0.15, -0.1) is 0 Å². The summed E-state index contributed by atoms with van der Waals surface area (Å²) in [4.78, 5) is 29.5. The highest BCUT2D eigenvalue weighted by Crippen LogP contribution is 2.32. The van der Waals surface area contributed by atoms with E-state index in [9.17, 15) is 9.59 Å². The number of nitrogens with one attached hydrogen (secondary N) is 1. The third-order valence-electron chi connectivity index (χ3n) is 6.37. The molecule has 2 aliphatic rings. The Balaban J connectivity index is 1.28. The van der Waals surface area contributed by atoms with Crippen LogP contribution in [0.1, 0.15) is 24.8 Å². The number of carbonyl (C=O) groups excluding carboxylic acids is 1. The first-order valence-corrected chi connectivity index (χ1v) is 11.4. The maximum atomic E-state index is 12.5. The van der Waals surface area contributed by atoms with Gasteiger partial charge < -0.3 is 24.4 Å². The predicted octanol–water partition coefficient (Wildman–Crippen LogP) is 1.85. The maximum Gasteiger partial charge on any atom is 0.257 e. The quantitative estimate of drug-likeness (QED) is 0.620. The smallest absolute Gasteiger partial charge is 0.257 e. The summed E-state index contributed by atoms with van der Waals surface area (Å²) in [5, 5.41) is 4.00. The normalized spacial score (nSPS) is 17.7. The van der Waals surface area contributed by atoms with Gasteiger partial charge >= 0.3 is 0 Å². The van der Waals surface area contributed by atoms with Crippen molar-refractivity contribution in [1.82, 2.24) is 19.7 Å². The molecule has 31 heavy (non-hydrogen) atoms. The van der Waals surface area contributed by atoms with Crippen molar-refractivity contribution in [2.24, 2.45) is 5.92 Å². The molecule has 1 amide bonds. The number of likely N-dealkylation sites (N-methyl/N-ethyl adjacent to an activating group) is 1. The number of amides is 1. The van der Waals surface area contributed by atoms with Gasteiger partial charge in [0.1, 0.15) is 5.75 Å². The van der Waals surface area contributed by atoms with Gasteiger partial charge in [0.15, 0.2) is 6.61 Å². The summed E-state index contributed by atoms with van der Waals surface area (Å²) in [6.07, 6.45) is 3.32. The summed E-state index contributed by atoms with van der Waals surface area (Å²) in [6, 6.07) is 7.46. The van der Waals surface area contributed by atoms with Crippen LogP contribution >= 0.6 is 0 Å². The van der Waals surface area contributed by atoms with E-state index in [-0.39, 0.29) is 18.1 Å². The molecule has 1 aromatic carbocycles. The Kier molecular flexibility index (Phi) is 6.92. The molecule has 7 heteroatoms. The Hall–Kier alpha value is -2.38. The van der Waals surface area contributed by atoms with Gasteiger partial charge in [-0.1, -0.05) is 0 Å². The van der Waals surface area contributed by atoms with E-state index in [4.69, 9.17) is 4.74 Å². The molecule has 1 aromatic heterocycles. The molecule has 2 fully saturated rings. The fraction of sp³-hybridized carbons (Fsp3) is 0.583. The minimum Gasteiger partial charge on any atom is -0.484 e. The van der Waals surface area contributed by atoms with E-state index < -0.39 is 0 Å². The number of aryl methyl sites for hydroxylation is 1. The van der Waals surface area contributed by atoms with Crippen LogP contribution in [-0.4, -0.2) is 73.2 Å². The van der Waals surface area contributed by atoms with Crippen LogP contribution in [0.4, 0.5) is 0 Å². The lowest BCUT2D eigenvalue weighted by molar-refractivity contribution is -0.123. The summed E-state index contributed by atoms with van der Waals surface area (Å²) in [6.45, 7) is 8.79. The molecular weight excluding hydrogens is 392 g/mol. The van der Waals surface area contributed by atoms with Crippen molar-refractivity contribution >= 4 is 16.8 Å². The molecule has 0 radical (unpaired) electrons. The fourth-order valence-corrected chi connectivity index (χ4v) is 4.17. The van der Waals surface area contributed by atoms with Crippen molar-refractivity contribution in [2.45, 2.75) is 32.7 Å². The second kappa shape index (κ2) is 9.83. The molecule has 1 aliphatic carbocycles. The summed E-state index contributed by atoms with van der Waals surface area (Å²) in [5.74, 6) is 1.11. The van der Waals surface area contributed by atoms with Crippen molar-refractivity contribution in [3.63, 3.8) is 0 Å². The Labute approximate surface area is 184 Å². The van der Waals surface area contributed by atoms with Crippen LogP contribution in [0.15, 0.2) is 29.1 Å². The number of rotatable bonds is 9. The second-order valence-electron chi connectivity index (χ2n) is 9.04. The van der Waals surface area contributed by atoms with Crippen molar-refractivity contribution in [3.05, 3.63) is 40.2 Å². The van der Waals surface area contributed by atoms with Crippen molar-refractivity contribution in [1.29, 1.82) is 0 Å². The average Bonchev–Trinajstić information content (AvgIpc) is 3.58. The highest BCUT2D eigenvalue weighted by Gasteiger charge is 2.23. The summed E-state index contributed by atoms with van der Waals surface area (Å²) >= 11 is 0. The average molecular weight is 427 g/mol. The van der Waals surface area contributed by atoms with E-state index in [1.807, 2.05) is 29.7 Å². The van der Waals surface area contributed by atoms with Crippen molar-refractivity contribution in [2.75, 3.05) is 52.9 Å². The van der Waals surface area contributed by atoms with Gasteiger partial charge in [-0.3, -0.25) is 9.59 Å². The SMILES string of the molecule is Cc1cc(=O)n(CC2CC2)c2cc(OCC(=O)NCCCN3CCN(C)CC3)ccc12. The molecule has 2 aromatic rings. The first-order chi connectivity index (χ1) is 15.0. The lowest BCUT2D eigenvalue weighted by Gasteiger charge is -2.32. The van der Waals surface area contributed by atoms with Crippen LogP contribution in [0.5, 0.6) is 5.75 Å². The summed E-state index contributed by atoms with van der Waals surface area (Å²) in [7, 11) is 2.15. The zero-order valence-corrected chi connectivity index (χ0v) is 18.7. The third kappa shape index (κ3) is 5.86. The van der Waals surface area contributed by atoms with Crippen LogP contribution in [0.2, 0.25) is 0 Å². The van der Waals surface area contributed by atoms with Crippen molar-refractivity contribution < 1.29 is 9.53 Å². The van der Waals surface area contributed by atoms with Crippen LogP contribution in [0.3, 0.4) is 0 Å². The molecule has 7 nitrogen and oxygen atoms in total. The Morgan fingerprint density at radius 1 is 1.16 bits per heavy atom. The molecule has 0 unspecified atom stereocenters. The predicted molar refractivity (Wildman–Crippen MR) is 123 cm³/mol. The van der Waals surface area contributed by atoms with Gasteiger partial charge in [0.2, 0.25) is 0 Å². The van der Waals surface area contributed by atoms with Gasteiger partial charge in [0.05, 0.1) is 5.52 Å². The zero-order valence-electron chi connectivity index (χ0n) is 18.7. The number of nitrogens with zero attached hydrogens (tertiary/aromatic N) is 3. The van der Waals surface area contributed by atoms with Crippen LogP contribution in [-0.2, 0) is 11.3 Å². The number of carbonyl (C=O) groups is 1. The largest absolute Gasteiger partial charge is 0.484 e.